The van der Waals surface area contributed by atoms with Gasteiger partial charge in [-0.3, -0.25) is 4.90 Å². The van der Waals surface area contributed by atoms with Gasteiger partial charge in [0, 0.05) is 41.1 Å². The van der Waals surface area contributed by atoms with E-state index in [9.17, 15) is 0 Å². The highest BCUT2D eigenvalue weighted by atomic mass is 19.1. The third kappa shape index (κ3) is 3.02. The molecule has 3 aromatic rings. The van der Waals surface area contributed by atoms with Gasteiger partial charge in [-0.05, 0) is 74.9 Å². The van der Waals surface area contributed by atoms with Gasteiger partial charge < -0.3 is 9.30 Å². The Morgan fingerprint density at radius 3 is 2.48 bits per heavy atom. The molecular weight excluding hydrogens is 387 g/mol. The molecule has 2 fully saturated rings. The third-order valence-electron chi connectivity index (χ3n) is 7.80. The van der Waals surface area contributed by atoms with E-state index in [1.54, 1.807) is 14.0 Å². The van der Waals surface area contributed by atoms with Gasteiger partial charge in [0.15, 0.2) is 5.67 Å². The molecule has 0 N–H and O–H groups in total. The number of methoxy groups -OCH3 is 1. The average molecular weight is 419 g/mol. The minimum absolute atomic E-state index is 0.344. The molecule has 1 aliphatic carbocycles. The van der Waals surface area contributed by atoms with Gasteiger partial charge in [0.25, 0.3) is 0 Å². The summed E-state index contributed by atoms with van der Waals surface area (Å²) < 4.78 is 23.7. The molecule has 0 spiro atoms. The zero-order valence-corrected chi connectivity index (χ0v) is 18.7. The van der Waals surface area contributed by atoms with E-state index in [0.717, 1.165) is 18.2 Å². The maximum atomic E-state index is 16.2. The standard InChI is InChI=1S/C27H31FN2O/c1-17-4-12-23-22(14-17)26-24-13-9-20(30(24)19-7-8-19)15-25(26)29(23)16-27(2,28)18-5-10-21(31-3)11-6-18/h4-6,10-12,14,19-20,24H,7-9,13,15-16H2,1-3H3. The smallest absolute Gasteiger partial charge is 0.151 e. The van der Waals surface area contributed by atoms with Gasteiger partial charge in [-0.1, -0.05) is 23.8 Å². The predicted octanol–water partition coefficient (Wildman–Crippen LogP) is 6.07. The fourth-order valence-electron chi connectivity index (χ4n) is 6.20. The van der Waals surface area contributed by atoms with Gasteiger partial charge in [-0.2, -0.15) is 0 Å². The normalized spacial score (nSPS) is 24.9. The Hall–Kier alpha value is -2.33. The van der Waals surface area contributed by atoms with E-state index in [2.05, 4.69) is 34.6 Å². The second-order valence-electron chi connectivity index (χ2n) is 10.0. The van der Waals surface area contributed by atoms with E-state index < -0.39 is 5.67 Å². The van der Waals surface area contributed by atoms with E-state index >= 15 is 4.39 Å². The molecule has 3 heterocycles. The minimum atomic E-state index is -1.45. The zero-order chi connectivity index (χ0) is 21.3. The summed E-state index contributed by atoms with van der Waals surface area (Å²) in [7, 11) is 1.64. The maximum Gasteiger partial charge on any atom is 0.151 e. The Morgan fingerprint density at radius 1 is 1.03 bits per heavy atom. The number of fused-ring (bicyclic) bond motifs is 6. The molecule has 162 valence electrons. The number of alkyl halides is 1. The van der Waals surface area contributed by atoms with Crippen LogP contribution in [0.1, 0.15) is 61.0 Å². The van der Waals surface area contributed by atoms with Gasteiger partial charge >= 0.3 is 0 Å². The topological polar surface area (TPSA) is 17.4 Å². The van der Waals surface area contributed by atoms with Gasteiger partial charge in [-0.15, -0.1) is 0 Å². The summed E-state index contributed by atoms with van der Waals surface area (Å²) in [6.45, 7) is 4.23. The number of ether oxygens (including phenoxy) is 1. The van der Waals surface area contributed by atoms with Crippen molar-refractivity contribution < 1.29 is 9.13 Å². The molecule has 3 aliphatic rings. The van der Waals surface area contributed by atoms with E-state index in [0.29, 0.717) is 24.2 Å². The van der Waals surface area contributed by atoms with Gasteiger partial charge in [-0.25, -0.2) is 4.39 Å². The van der Waals surface area contributed by atoms with Gasteiger partial charge in [0.05, 0.1) is 13.7 Å². The van der Waals surface area contributed by atoms with E-state index in [-0.39, 0.29) is 0 Å². The van der Waals surface area contributed by atoms with Gasteiger partial charge in [0.1, 0.15) is 5.75 Å². The number of hydrogen-bond acceptors (Lipinski definition) is 2. The van der Waals surface area contributed by atoms with Crippen molar-refractivity contribution in [3.8, 4) is 5.75 Å². The molecule has 3 atom stereocenters. The monoisotopic (exact) mass is 418 g/mol. The summed E-state index contributed by atoms with van der Waals surface area (Å²) in [5.41, 5.74) is 4.59. The summed E-state index contributed by atoms with van der Waals surface area (Å²) in [6.07, 6.45) is 6.26. The Labute approximate surface area is 183 Å². The Kier molecular flexibility index (Phi) is 4.27. The van der Waals surface area contributed by atoms with Crippen LogP contribution in [0.15, 0.2) is 42.5 Å². The molecule has 2 bridgehead atoms. The summed E-state index contributed by atoms with van der Waals surface area (Å²) in [5, 5.41) is 1.34. The van der Waals surface area contributed by atoms with Crippen LogP contribution < -0.4 is 4.74 Å². The molecule has 6 rings (SSSR count). The molecule has 1 aromatic heterocycles. The number of rotatable bonds is 5. The molecule has 1 saturated heterocycles. The van der Waals surface area contributed by atoms with Crippen molar-refractivity contribution in [1.29, 1.82) is 0 Å². The largest absolute Gasteiger partial charge is 0.497 e. The molecule has 3 unspecified atom stereocenters. The van der Waals surface area contributed by atoms with Crippen LogP contribution in [0.5, 0.6) is 5.75 Å². The highest BCUT2D eigenvalue weighted by Gasteiger charge is 2.48. The van der Waals surface area contributed by atoms with Gasteiger partial charge in [0.2, 0.25) is 0 Å². The number of benzene rings is 2. The van der Waals surface area contributed by atoms with Crippen molar-refractivity contribution in [3.05, 3.63) is 64.8 Å². The molecule has 2 aromatic carbocycles. The zero-order valence-electron chi connectivity index (χ0n) is 18.7. The molecular formula is C27H31FN2O. The van der Waals surface area contributed by atoms with Crippen LogP contribution in [-0.2, 0) is 18.6 Å². The summed E-state index contributed by atoms with van der Waals surface area (Å²) in [5.74, 6) is 0.760. The van der Waals surface area contributed by atoms with Crippen LogP contribution in [0, 0.1) is 6.92 Å². The first-order chi connectivity index (χ1) is 15.0. The van der Waals surface area contributed by atoms with Crippen molar-refractivity contribution in [1.82, 2.24) is 9.47 Å². The molecule has 0 amide bonds. The lowest BCUT2D eigenvalue weighted by molar-refractivity contribution is 0.149. The van der Waals surface area contributed by atoms with Crippen LogP contribution in [0.3, 0.4) is 0 Å². The van der Waals surface area contributed by atoms with Crippen molar-refractivity contribution in [2.24, 2.45) is 0 Å². The molecule has 2 aliphatic heterocycles. The Bertz CT molecular complexity index is 1140. The molecule has 31 heavy (non-hydrogen) atoms. The minimum Gasteiger partial charge on any atom is -0.497 e. The highest BCUT2D eigenvalue weighted by Crippen LogP contribution is 2.52. The molecule has 0 radical (unpaired) electrons. The second kappa shape index (κ2) is 6.83. The van der Waals surface area contributed by atoms with E-state index in [1.165, 1.54) is 53.4 Å². The molecule has 3 nitrogen and oxygen atoms in total. The first-order valence-corrected chi connectivity index (χ1v) is 11.7. The third-order valence-corrected chi connectivity index (χ3v) is 7.80. The van der Waals surface area contributed by atoms with Crippen LogP contribution >= 0.6 is 0 Å². The Balaban J connectivity index is 1.46. The fourth-order valence-corrected chi connectivity index (χ4v) is 6.20. The van der Waals surface area contributed by atoms with Crippen molar-refractivity contribution in [3.63, 3.8) is 0 Å². The molecule has 4 heteroatoms. The first-order valence-electron chi connectivity index (χ1n) is 11.7. The maximum absolute atomic E-state index is 16.2. The number of aryl methyl sites for hydroxylation is 1. The fraction of sp³-hybridized carbons (Fsp3) is 0.481. The lowest BCUT2D eigenvalue weighted by Gasteiger charge is -2.36. The van der Waals surface area contributed by atoms with Crippen LogP contribution in [0.4, 0.5) is 4.39 Å². The Morgan fingerprint density at radius 2 is 1.77 bits per heavy atom. The number of nitrogens with zero attached hydrogens (tertiary/aromatic N) is 2. The van der Waals surface area contributed by atoms with E-state index in [1.807, 2.05) is 24.3 Å². The first kappa shape index (κ1) is 19.4. The van der Waals surface area contributed by atoms with E-state index in [4.69, 9.17) is 4.74 Å². The lowest BCUT2D eigenvalue weighted by atomic mass is 9.95. The summed E-state index contributed by atoms with van der Waals surface area (Å²) in [4.78, 5) is 2.81. The quantitative estimate of drug-likeness (QED) is 0.500. The van der Waals surface area contributed by atoms with Crippen LogP contribution in [0.2, 0.25) is 0 Å². The summed E-state index contributed by atoms with van der Waals surface area (Å²) >= 11 is 0. The number of halogens is 1. The number of hydrogen-bond donors (Lipinski definition) is 0. The number of aromatic nitrogens is 1. The van der Waals surface area contributed by atoms with Crippen molar-refractivity contribution in [2.75, 3.05) is 7.11 Å². The van der Waals surface area contributed by atoms with Crippen LogP contribution in [-0.4, -0.2) is 28.7 Å². The van der Waals surface area contributed by atoms with Crippen molar-refractivity contribution >= 4 is 10.9 Å². The van der Waals surface area contributed by atoms with Crippen LogP contribution in [0.25, 0.3) is 10.9 Å². The SMILES string of the molecule is COc1ccc(C(C)(F)Cn2c3c(c4cc(C)ccc42)C2CCC(C3)N2C2CC2)cc1. The molecule has 1 saturated carbocycles. The van der Waals surface area contributed by atoms with Crippen molar-refractivity contribution in [2.45, 2.75) is 76.3 Å². The summed E-state index contributed by atoms with van der Waals surface area (Å²) in [6, 6.07) is 16.1. The average Bonchev–Trinajstić information content (AvgIpc) is 3.51. The highest BCUT2D eigenvalue weighted by molar-refractivity contribution is 5.87. The lowest BCUT2D eigenvalue weighted by Crippen LogP contribution is -2.39. The second-order valence-corrected chi connectivity index (χ2v) is 10.0. The predicted molar refractivity (Wildman–Crippen MR) is 122 cm³/mol.